The number of hydrogen-bond donors (Lipinski definition) is 2. The first-order valence-electron chi connectivity index (χ1n) is 5.78. The minimum atomic E-state index is -0.423. The van der Waals surface area contributed by atoms with Crippen molar-refractivity contribution in [3.8, 4) is 0 Å². The van der Waals surface area contributed by atoms with Gasteiger partial charge in [0, 0.05) is 12.2 Å². The Morgan fingerprint density at radius 2 is 2.06 bits per heavy atom. The molecule has 94 valence electrons. The Hall–Kier alpha value is -1.39. The average Bonchev–Trinajstić information content (AvgIpc) is 2.37. The summed E-state index contributed by atoms with van der Waals surface area (Å²) in [7, 11) is 0. The van der Waals surface area contributed by atoms with Crippen LogP contribution in [-0.2, 0) is 9.53 Å². The normalized spacial score (nSPS) is 14.1. The molecule has 1 unspecified atom stereocenters. The zero-order valence-electron chi connectivity index (χ0n) is 10.4. The molecule has 4 nitrogen and oxygen atoms in total. The third-order valence-corrected chi connectivity index (χ3v) is 2.79. The second-order valence-corrected chi connectivity index (χ2v) is 4.21. The van der Waals surface area contributed by atoms with Gasteiger partial charge in [-0.3, -0.25) is 4.79 Å². The van der Waals surface area contributed by atoms with Crippen LogP contribution in [0.25, 0.3) is 0 Å². The minimum absolute atomic E-state index is 0.0242. The summed E-state index contributed by atoms with van der Waals surface area (Å²) in [4.78, 5) is 11.6. The van der Waals surface area contributed by atoms with Crippen LogP contribution in [-0.4, -0.2) is 24.7 Å². The third kappa shape index (κ3) is 4.54. The molecule has 1 aromatic rings. The largest absolute Gasteiger partial charge is 0.364 e. The number of nitrogens with one attached hydrogen (secondary N) is 1. The lowest BCUT2D eigenvalue weighted by molar-refractivity contribution is -0.126. The predicted molar refractivity (Wildman–Crippen MR) is 68.8 cm³/mol. The van der Waals surface area contributed by atoms with Gasteiger partial charge in [0.1, 0.15) is 6.61 Å². The first-order chi connectivity index (χ1) is 8.09. The molecule has 4 heteroatoms. The van der Waals surface area contributed by atoms with Crippen LogP contribution in [0.5, 0.6) is 0 Å². The van der Waals surface area contributed by atoms with Gasteiger partial charge in [-0.15, -0.1) is 0 Å². The van der Waals surface area contributed by atoms with Crippen molar-refractivity contribution >= 4 is 11.6 Å². The summed E-state index contributed by atoms with van der Waals surface area (Å²) in [6.45, 7) is 4.32. The van der Waals surface area contributed by atoms with Gasteiger partial charge in [-0.25, -0.2) is 0 Å². The number of nitrogens with two attached hydrogens (primary N) is 1. The number of carbonyl (C=O) groups is 1. The molecule has 0 saturated carbocycles. The molecule has 1 atom stereocenters. The quantitative estimate of drug-likeness (QED) is 0.791. The molecular formula is C13H20N2O2. The number of para-hydroxylation sites is 1. The lowest BCUT2D eigenvalue weighted by Crippen LogP contribution is -2.39. The van der Waals surface area contributed by atoms with Gasteiger partial charge in [-0.05, 0) is 25.5 Å². The van der Waals surface area contributed by atoms with Crippen LogP contribution < -0.4 is 11.1 Å². The second kappa shape index (κ2) is 6.37. The van der Waals surface area contributed by atoms with Crippen molar-refractivity contribution in [3.05, 3.63) is 30.3 Å². The topological polar surface area (TPSA) is 64.3 Å². The standard InChI is InChI=1S/C13H20N2O2/c1-3-13(2,10-14)17-9-12(16)15-11-7-5-4-6-8-11/h4-8H,3,9-10,14H2,1-2H3,(H,15,16). The van der Waals surface area contributed by atoms with Crippen LogP contribution >= 0.6 is 0 Å². The molecule has 0 bridgehead atoms. The van der Waals surface area contributed by atoms with Gasteiger partial charge in [-0.2, -0.15) is 0 Å². The molecule has 0 heterocycles. The fourth-order valence-corrected chi connectivity index (χ4v) is 1.26. The zero-order chi connectivity index (χ0) is 12.7. The van der Waals surface area contributed by atoms with Gasteiger partial charge in [0.05, 0.1) is 5.60 Å². The van der Waals surface area contributed by atoms with E-state index in [-0.39, 0.29) is 12.5 Å². The van der Waals surface area contributed by atoms with Crippen molar-refractivity contribution in [3.63, 3.8) is 0 Å². The number of carbonyl (C=O) groups excluding carboxylic acids is 1. The first kappa shape index (κ1) is 13.7. The SMILES string of the molecule is CCC(C)(CN)OCC(=O)Nc1ccccc1. The summed E-state index contributed by atoms with van der Waals surface area (Å²) in [5.41, 5.74) is 5.95. The van der Waals surface area contributed by atoms with Crippen molar-refractivity contribution < 1.29 is 9.53 Å². The molecule has 0 fully saturated rings. The molecule has 0 aromatic heterocycles. The van der Waals surface area contributed by atoms with Gasteiger partial charge in [0.25, 0.3) is 0 Å². The molecule has 1 rings (SSSR count). The molecule has 3 N–H and O–H groups in total. The lowest BCUT2D eigenvalue weighted by atomic mass is 10.0. The highest BCUT2D eigenvalue weighted by Gasteiger charge is 2.21. The Morgan fingerprint density at radius 1 is 1.41 bits per heavy atom. The Balaban J connectivity index is 2.41. The molecule has 1 aromatic carbocycles. The Bertz CT molecular complexity index is 348. The lowest BCUT2D eigenvalue weighted by Gasteiger charge is -2.26. The maximum atomic E-state index is 11.6. The van der Waals surface area contributed by atoms with Crippen molar-refractivity contribution in [1.29, 1.82) is 0 Å². The van der Waals surface area contributed by atoms with E-state index in [1.807, 2.05) is 44.2 Å². The maximum absolute atomic E-state index is 11.6. The van der Waals surface area contributed by atoms with Gasteiger partial charge in [0.15, 0.2) is 0 Å². The smallest absolute Gasteiger partial charge is 0.250 e. The van der Waals surface area contributed by atoms with Crippen LogP contribution in [0.3, 0.4) is 0 Å². The molecule has 0 radical (unpaired) electrons. The zero-order valence-corrected chi connectivity index (χ0v) is 10.4. The number of ether oxygens (including phenoxy) is 1. The Labute approximate surface area is 102 Å². The number of benzene rings is 1. The van der Waals surface area contributed by atoms with Crippen molar-refractivity contribution in [2.75, 3.05) is 18.5 Å². The molecule has 0 aliphatic heterocycles. The number of hydrogen-bond acceptors (Lipinski definition) is 3. The third-order valence-electron chi connectivity index (χ3n) is 2.79. The van der Waals surface area contributed by atoms with E-state index in [9.17, 15) is 4.79 Å². The number of rotatable bonds is 6. The highest BCUT2D eigenvalue weighted by molar-refractivity contribution is 5.91. The summed E-state index contributed by atoms with van der Waals surface area (Å²) in [5.74, 6) is -0.163. The fourth-order valence-electron chi connectivity index (χ4n) is 1.26. The molecule has 0 aliphatic carbocycles. The van der Waals surface area contributed by atoms with E-state index in [4.69, 9.17) is 10.5 Å². The predicted octanol–water partition coefficient (Wildman–Crippen LogP) is 1.77. The van der Waals surface area contributed by atoms with E-state index < -0.39 is 5.60 Å². The van der Waals surface area contributed by atoms with E-state index in [1.165, 1.54) is 0 Å². The fraction of sp³-hybridized carbons (Fsp3) is 0.462. The van der Waals surface area contributed by atoms with Gasteiger partial charge in [0.2, 0.25) is 5.91 Å². The van der Waals surface area contributed by atoms with E-state index in [0.717, 1.165) is 12.1 Å². The first-order valence-corrected chi connectivity index (χ1v) is 5.78. The summed E-state index contributed by atoms with van der Waals surface area (Å²) in [5, 5.41) is 2.76. The molecule has 1 amide bonds. The van der Waals surface area contributed by atoms with Crippen LogP contribution in [0.15, 0.2) is 30.3 Å². The Kier molecular flexibility index (Phi) is 5.12. The highest BCUT2D eigenvalue weighted by atomic mass is 16.5. The molecule has 0 aliphatic rings. The van der Waals surface area contributed by atoms with Crippen molar-refractivity contribution in [2.45, 2.75) is 25.9 Å². The average molecular weight is 236 g/mol. The molecule has 17 heavy (non-hydrogen) atoms. The maximum Gasteiger partial charge on any atom is 0.250 e. The van der Waals surface area contributed by atoms with Crippen LogP contribution in [0.2, 0.25) is 0 Å². The number of anilines is 1. The number of amides is 1. The monoisotopic (exact) mass is 236 g/mol. The Morgan fingerprint density at radius 3 is 2.59 bits per heavy atom. The summed E-state index contributed by atoms with van der Waals surface area (Å²) in [6, 6.07) is 9.30. The van der Waals surface area contributed by atoms with E-state index in [2.05, 4.69) is 5.32 Å². The summed E-state index contributed by atoms with van der Waals surface area (Å²) >= 11 is 0. The van der Waals surface area contributed by atoms with E-state index in [1.54, 1.807) is 0 Å². The van der Waals surface area contributed by atoms with E-state index >= 15 is 0 Å². The second-order valence-electron chi connectivity index (χ2n) is 4.21. The van der Waals surface area contributed by atoms with Gasteiger partial charge < -0.3 is 15.8 Å². The highest BCUT2D eigenvalue weighted by Crippen LogP contribution is 2.13. The summed E-state index contributed by atoms with van der Waals surface area (Å²) in [6.07, 6.45) is 0.780. The van der Waals surface area contributed by atoms with Crippen LogP contribution in [0.4, 0.5) is 5.69 Å². The molecular weight excluding hydrogens is 216 g/mol. The molecule has 0 saturated heterocycles. The molecule has 0 spiro atoms. The van der Waals surface area contributed by atoms with Crippen LogP contribution in [0, 0.1) is 0 Å². The van der Waals surface area contributed by atoms with E-state index in [0.29, 0.717) is 6.54 Å². The minimum Gasteiger partial charge on any atom is -0.364 e. The van der Waals surface area contributed by atoms with Crippen molar-refractivity contribution in [2.24, 2.45) is 5.73 Å². The summed E-state index contributed by atoms with van der Waals surface area (Å²) < 4.78 is 5.52. The van der Waals surface area contributed by atoms with Crippen LogP contribution in [0.1, 0.15) is 20.3 Å². The van der Waals surface area contributed by atoms with Gasteiger partial charge in [-0.1, -0.05) is 25.1 Å². The van der Waals surface area contributed by atoms with Crippen molar-refractivity contribution in [1.82, 2.24) is 0 Å². The van der Waals surface area contributed by atoms with Gasteiger partial charge >= 0.3 is 0 Å².